The number of aliphatic hydroxyl groups is 1. The molecule has 0 amide bonds. The van der Waals surface area contributed by atoms with Crippen molar-refractivity contribution in [3.8, 4) is 0 Å². The maximum Gasteiger partial charge on any atom is 0.222 e. The van der Waals surface area contributed by atoms with Gasteiger partial charge < -0.3 is 10.4 Å². The van der Waals surface area contributed by atoms with Crippen molar-refractivity contribution in [2.24, 2.45) is 0 Å². The van der Waals surface area contributed by atoms with Crippen LogP contribution in [0, 0.1) is 6.92 Å². The maximum atomic E-state index is 10.0. The number of nitrogens with one attached hydrogen (secondary N) is 1. The van der Waals surface area contributed by atoms with Gasteiger partial charge in [-0.3, -0.25) is 0 Å². The third-order valence-electron chi connectivity index (χ3n) is 2.50. The Morgan fingerprint density at radius 2 is 2.06 bits per heavy atom. The van der Waals surface area contributed by atoms with Gasteiger partial charge in [0, 0.05) is 18.9 Å². The van der Waals surface area contributed by atoms with E-state index < -0.39 is 6.10 Å². The molecule has 2 aromatic rings. The molecule has 5 heteroatoms. The summed E-state index contributed by atoms with van der Waals surface area (Å²) in [6, 6.07) is 7.81. The third kappa shape index (κ3) is 3.51. The molecule has 1 heterocycles. The molecule has 0 aliphatic rings. The molecule has 0 saturated heterocycles. The number of hydrogen-bond donors (Lipinski definition) is 2. The SMILES string of the molecule is Cc1cccc(C(O)CNc2ncc(Br)cn2)c1. The van der Waals surface area contributed by atoms with Crippen LogP contribution in [-0.2, 0) is 0 Å². The fourth-order valence-electron chi connectivity index (χ4n) is 1.59. The second kappa shape index (κ2) is 5.93. The van der Waals surface area contributed by atoms with Gasteiger partial charge in [0.25, 0.3) is 0 Å². The van der Waals surface area contributed by atoms with E-state index in [1.165, 1.54) is 0 Å². The molecular formula is C13H14BrN3O. The van der Waals surface area contributed by atoms with Gasteiger partial charge in [0.15, 0.2) is 0 Å². The van der Waals surface area contributed by atoms with Gasteiger partial charge in [-0.25, -0.2) is 9.97 Å². The van der Waals surface area contributed by atoms with Crippen LogP contribution in [0.15, 0.2) is 41.1 Å². The van der Waals surface area contributed by atoms with Crippen LogP contribution in [0.25, 0.3) is 0 Å². The minimum atomic E-state index is -0.572. The molecule has 2 rings (SSSR count). The Morgan fingerprint density at radius 1 is 1.33 bits per heavy atom. The largest absolute Gasteiger partial charge is 0.387 e. The quantitative estimate of drug-likeness (QED) is 0.912. The lowest BCUT2D eigenvalue weighted by Crippen LogP contribution is -2.13. The first-order valence-corrected chi connectivity index (χ1v) is 6.40. The normalized spacial score (nSPS) is 12.2. The van der Waals surface area contributed by atoms with Gasteiger partial charge in [0.2, 0.25) is 5.95 Å². The lowest BCUT2D eigenvalue weighted by molar-refractivity contribution is 0.191. The van der Waals surface area contributed by atoms with Crippen molar-refractivity contribution < 1.29 is 5.11 Å². The van der Waals surface area contributed by atoms with Gasteiger partial charge in [-0.15, -0.1) is 0 Å². The maximum absolute atomic E-state index is 10.0. The van der Waals surface area contributed by atoms with Crippen LogP contribution < -0.4 is 5.32 Å². The molecule has 0 saturated carbocycles. The Hall–Kier alpha value is -1.46. The second-order valence-corrected chi connectivity index (χ2v) is 4.95. The fraction of sp³-hybridized carbons (Fsp3) is 0.231. The number of halogens is 1. The lowest BCUT2D eigenvalue weighted by atomic mass is 10.1. The molecule has 1 unspecified atom stereocenters. The molecule has 0 aliphatic heterocycles. The fourth-order valence-corrected chi connectivity index (χ4v) is 1.79. The van der Waals surface area contributed by atoms with E-state index in [4.69, 9.17) is 0 Å². The summed E-state index contributed by atoms with van der Waals surface area (Å²) in [5, 5.41) is 13.0. The van der Waals surface area contributed by atoms with Crippen molar-refractivity contribution >= 4 is 21.9 Å². The first-order chi connectivity index (χ1) is 8.65. The molecular weight excluding hydrogens is 294 g/mol. The Kier molecular flexibility index (Phi) is 4.28. The van der Waals surface area contributed by atoms with E-state index in [0.29, 0.717) is 12.5 Å². The first-order valence-electron chi connectivity index (χ1n) is 5.61. The number of benzene rings is 1. The molecule has 1 atom stereocenters. The first kappa shape index (κ1) is 13.0. The Labute approximate surface area is 114 Å². The minimum Gasteiger partial charge on any atom is -0.387 e. The van der Waals surface area contributed by atoms with Gasteiger partial charge >= 0.3 is 0 Å². The second-order valence-electron chi connectivity index (χ2n) is 4.04. The van der Waals surface area contributed by atoms with Crippen LogP contribution in [0.4, 0.5) is 5.95 Å². The number of aliphatic hydroxyl groups excluding tert-OH is 1. The van der Waals surface area contributed by atoms with Crippen LogP contribution in [0.3, 0.4) is 0 Å². The van der Waals surface area contributed by atoms with E-state index >= 15 is 0 Å². The van der Waals surface area contributed by atoms with Crippen LogP contribution >= 0.6 is 15.9 Å². The van der Waals surface area contributed by atoms with E-state index in [1.807, 2.05) is 31.2 Å². The molecule has 18 heavy (non-hydrogen) atoms. The highest BCUT2D eigenvalue weighted by molar-refractivity contribution is 9.10. The van der Waals surface area contributed by atoms with Gasteiger partial charge in [-0.2, -0.15) is 0 Å². The van der Waals surface area contributed by atoms with Crippen LogP contribution in [0.1, 0.15) is 17.2 Å². The van der Waals surface area contributed by atoms with Gasteiger partial charge in [0.05, 0.1) is 10.6 Å². The van der Waals surface area contributed by atoms with E-state index in [9.17, 15) is 5.11 Å². The predicted octanol–water partition coefficient (Wildman–Crippen LogP) is 2.69. The standard InChI is InChI=1S/C13H14BrN3O/c1-9-3-2-4-10(5-9)12(18)8-17-13-15-6-11(14)7-16-13/h2-7,12,18H,8H2,1H3,(H,15,16,17). The highest BCUT2D eigenvalue weighted by atomic mass is 79.9. The van der Waals surface area contributed by atoms with Gasteiger partial charge in [-0.05, 0) is 28.4 Å². The molecule has 1 aromatic carbocycles. The van der Waals surface area contributed by atoms with Crippen molar-refractivity contribution in [1.82, 2.24) is 9.97 Å². The van der Waals surface area contributed by atoms with Gasteiger partial charge in [0.1, 0.15) is 0 Å². The number of hydrogen-bond acceptors (Lipinski definition) is 4. The zero-order valence-corrected chi connectivity index (χ0v) is 11.6. The molecule has 0 fully saturated rings. The summed E-state index contributed by atoms with van der Waals surface area (Å²) in [7, 11) is 0. The Morgan fingerprint density at radius 3 is 2.72 bits per heavy atom. The zero-order valence-electron chi connectivity index (χ0n) is 9.97. The monoisotopic (exact) mass is 307 g/mol. The Balaban J connectivity index is 1.96. The molecule has 4 nitrogen and oxygen atoms in total. The molecule has 2 N–H and O–H groups in total. The summed E-state index contributed by atoms with van der Waals surface area (Å²) >= 11 is 3.27. The average molecular weight is 308 g/mol. The number of anilines is 1. The topological polar surface area (TPSA) is 58.0 Å². The van der Waals surface area contributed by atoms with Crippen LogP contribution in [-0.4, -0.2) is 21.6 Å². The number of rotatable bonds is 4. The van der Waals surface area contributed by atoms with E-state index in [-0.39, 0.29) is 0 Å². The molecule has 0 radical (unpaired) electrons. The van der Waals surface area contributed by atoms with Crippen molar-refractivity contribution in [2.75, 3.05) is 11.9 Å². The lowest BCUT2D eigenvalue weighted by Gasteiger charge is -2.12. The number of nitrogens with zero attached hydrogens (tertiary/aromatic N) is 2. The summed E-state index contributed by atoms with van der Waals surface area (Å²) in [5.41, 5.74) is 2.02. The molecule has 0 spiro atoms. The van der Waals surface area contributed by atoms with Crippen LogP contribution in [0.5, 0.6) is 0 Å². The summed E-state index contributed by atoms with van der Waals surface area (Å²) in [6.07, 6.45) is 2.75. The van der Waals surface area contributed by atoms with Gasteiger partial charge in [-0.1, -0.05) is 29.8 Å². The third-order valence-corrected chi connectivity index (χ3v) is 2.91. The molecule has 1 aromatic heterocycles. The average Bonchev–Trinajstić information content (AvgIpc) is 2.38. The zero-order chi connectivity index (χ0) is 13.0. The minimum absolute atomic E-state index is 0.380. The number of aromatic nitrogens is 2. The van der Waals surface area contributed by atoms with E-state index in [2.05, 4.69) is 31.2 Å². The summed E-state index contributed by atoms with van der Waals surface area (Å²) in [5.74, 6) is 0.505. The highest BCUT2D eigenvalue weighted by Gasteiger charge is 2.07. The summed E-state index contributed by atoms with van der Waals surface area (Å²) in [4.78, 5) is 8.16. The smallest absolute Gasteiger partial charge is 0.222 e. The van der Waals surface area contributed by atoms with E-state index in [0.717, 1.165) is 15.6 Å². The van der Waals surface area contributed by atoms with Crippen molar-refractivity contribution in [3.05, 3.63) is 52.3 Å². The molecule has 0 bridgehead atoms. The van der Waals surface area contributed by atoms with Crippen LogP contribution in [0.2, 0.25) is 0 Å². The Bertz CT molecular complexity index is 516. The molecule has 0 aliphatic carbocycles. The summed E-state index contributed by atoms with van der Waals surface area (Å²) in [6.45, 7) is 2.38. The van der Waals surface area contributed by atoms with Crippen molar-refractivity contribution in [3.63, 3.8) is 0 Å². The number of aryl methyl sites for hydroxylation is 1. The van der Waals surface area contributed by atoms with E-state index in [1.54, 1.807) is 12.4 Å². The molecule has 94 valence electrons. The van der Waals surface area contributed by atoms with Crippen molar-refractivity contribution in [1.29, 1.82) is 0 Å². The highest BCUT2D eigenvalue weighted by Crippen LogP contribution is 2.15. The predicted molar refractivity (Wildman–Crippen MR) is 74.4 cm³/mol. The summed E-state index contributed by atoms with van der Waals surface area (Å²) < 4.78 is 0.826. The van der Waals surface area contributed by atoms with Crippen molar-refractivity contribution in [2.45, 2.75) is 13.0 Å².